The van der Waals surface area contributed by atoms with Crippen LogP contribution >= 0.6 is 11.3 Å². The fourth-order valence-corrected chi connectivity index (χ4v) is 2.44. The molecule has 92 valence electrons. The molecule has 2 rings (SSSR count). The Balaban J connectivity index is 1.96. The van der Waals surface area contributed by atoms with E-state index in [4.69, 9.17) is 0 Å². The van der Waals surface area contributed by atoms with Crippen LogP contribution in [0.3, 0.4) is 0 Å². The van der Waals surface area contributed by atoms with Crippen molar-refractivity contribution in [1.29, 1.82) is 0 Å². The number of hydrogen-bond donors (Lipinski definition) is 1. The normalized spacial score (nSPS) is 12.9. The predicted molar refractivity (Wildman–Crippen MR) is 70.1 cm³/mol. The maximum absolute atomic E-state index is 4.39. The lowest BCUT2D eigenvalue weighted by Gasteiger charge is -2.10. The summed E-state index contributed by atoms with van der Waals surface area (Å²) in [6.07, 6.45) is 3.84. The summed E-state index contributed by atoms with van der Waals surface area (Å²) in [5.41, 5.74) is 2.45. The van der Waals surface area contributed by atoms with Crippen molar-refractivity contribution in [2.45, 2.75) is 33.4 Å². The van der Waals surface area contributed by atoms with E-state index in [1.807, 2.05) is 24.1 Å². The number of aromatic nitrogens is 3. The molecule has 0 fully saturated rings. The lowest BCUT2D eigenvalue weighted by molar-refractivity contribution is 0.570. The highest BCUT2D eigenvalue weighted by atomic mass is 32.1. The molecule has 0 aromatic carbocycles. The van der Waals surface area contributed by atoms with E-state index in [0.29, 0.717) is 0 Å². The quantitative estimate of drug-likeness (QED) is 0.905. The number of hydrogen-bond acceptors (Lipinski definition) is 4. The molecule has 1 N–H and O–H groups in total. The maximum Gasteiger partial charge on any atom is 0.109 e. The van der Waals surface area contributed by atoms with E-state index in [1.165, 1.54) is 16.1 Å². The zero-order chi connectivity index (χ0) is 12.4. The molecule has 1 atom stereocenters. The Kier molecular flexibility index (Phi) is 3.59. The molecule has 2 aromatic heterocycles. The van der Waals surface area contributed by atoms with Gasteiger partial charge >= 0.3 is 0 Å². The Morgan fingerprint density at radius 1 is 1.41 bits per heavy atom. The van der Waals surface area contributed by atoms with Crippen molar-refractivity contribution in [3.05, 3.63) is 33.5 Å². The van der Waals surface area contributed by atoms with Crippen molar-refractivity contribution < 1.29 is 0 Å². The molecule has 0 bridgehead atoms. The Morgan fingerprint density at radius 2 is 2.18 bits per heavy atom. The Hall–Kier alpha value is -1.20. The molecule has 0 aliphatic rings. The van der Waals surface area contributed by atoms with E-state index in [0.717, 1.165) is 11.6 Å². The van der Waals surface area contributed by atoms with Gasteiger partial charge in [0.25, 0.3) is 0 Å². The van der Waals surface area contributed by atoms with Crippen LogP contribution in [0.4, 0.5) is 0 Å². The average molecular weight is 250 g/mol. The van der Waals surface area contributed by atoms with Crippen LogP contribution in [-0.4, -0.2) is 14.8 Å². The highest BCUT2D eigenvalue weighted by Crippen LogP contribution is 2.19. The lowest BCUT2D eigenvalue weighted by atomic mass is 10.2. The SMILES string of the molecule is Cc1cnc(C(C)NCc2cnn(C)c2C)s1. The molecule has 0 aliphatic carbocycles. The largest absolute Gasteiger partial charge is 0.304 e. The molecule has 17 heavy (non-hydrogen) atoms. The van der Waals surface area contributed by atoms with Gasteiger partial charge in [-0.2, -0.15) is 5.10 Å². The summed E-state index contributed by atoms with van der Waals surface area (Å²) in [4.78, 5) is 5.65. The summed E-state index contributed by atoms with van der Waals surface area (Å²) in [6.45, 7) is 7.14. The lowest BCUT2D eigenvalue weighted by Crippen LogP contribution is -2.18. The summed E-state index contributed by atoms with van der Waals surface area (Å²) in [6, 6.07) is 0.285. The molecule has 0 saturated carbocycles. The van der Waals surface area contributed by atoms with Crippen molar-refractivity contribution in [3.8, 4) is 0 Å². The minimum absolute atomic E-state index is 0.285. The molecule has 4 nitrogen and oxygen atoms in total. The first kappa shape index (κ1) is 12.3. The molecule has 2 aromatic rings. The van der Waals surface area contributed by atoms with Crippen LogP contribution in [-0.2, 0) is 13.6 Å². The van der Waals surface area contributed by atoms with E-state index in [9.17, 15) is 0 Å². The van der Waals surface area contributed by atoms with E-state index >= 15 is 0 Å². The summed E-state index contributed by atoms with van der Waals surface area (Å²) in [5.74, 6) is 0. The van der Waals surface area contributed by atoms with Crippen LogP contribution < -0.4 is 5.32 Å². The van der Waals surface area contributed by atoms with Crippen LogP contribution in [0.2, 0.25) is 0 Å². The molecule has 0 aliphatic heterocycles. The van der Waals surface area contributed by atoms with Gasteiger partial charge in [-0.25, -0.2) is 4.98 Å². The van der Waals surface area contributed by atoms with Gasteiger partial charge in [0.15, 0.2) is 0 Å². The average Bonchev–Trinajstić information content (AvgIpc) is 2.86. The second-order valence-corrected chi connectivity index (χ2v) is 5.56. The Morgan fingerprint density at radius 3 is 2.71 bits per heavy atom. The highest BCUT2D eigenvalue weighted by Gasteiger charge is 2.10. The van der Waals surface area contributed by atoms with E-state index in [1.54, 1.807) is 11.3 Å². The van der Waals surface area contributed by atoms with Gasteiger partial charge in [-0.15, -0.1) is 11.3 Å². The number of thiazole rings is 1. The van der Waals surface area contributed by atoms with Gasteiger partial charge in [0, 0.05) is 35.9 Å². The fraction of sp³-hybridized carbons (Fsp3) is 0.500. The minimum atomic E-state index is 0.285. The third-order valence-electron chi connectivity index (χ3n) is 2.95. The number of nitrogens with one attached hydrogen (secondary N) is 1. The van der Waals surface area contributed by atoms with Gasteiger partial charge in [0.1, 0.15) is 5.01 Å². The highest BCUT2D eigenvalue weighted by molar-refractivity contribution is 7.11. The second kappa shape index (κ2) is 4.98. The summed E-state index contributed by atoms with van der Waals surface area (Å²) in [5, 5.41) is 8.85. The summed E-state index contributed by atoms with van der Waals surface area (Å²) in [7, 11) is 1.96. The third kappa shape index (κ3) is 2.73. The first-order chi connectivity index (χ1) is 8.08. The van der Waals surface area contributed by atoms with Crippen LogP contribution in [0, 0.1) is 13.8 Å². The van der Waals surface area contributed by atoms with Crippen LogP contribution in [0.5, 0.6) is 0 Å². The number of aryl methyl sites for hydroxylation is 2. The van der Waals surface area contributed by atoms with Crippen LogP contribution in [0.15, 0.2) is 12.4 Å². The van der Waals surface area contributed by atoms with E-state index in [-0.39, 0.29) is 6.04 Å². The van der Waals surface area contributed by atoms with Crippen molar-refractivity contribution in [1.82, 2.24) is 20.1 Å². The topological polar surface area (TPSA) is 42.7 Å². The first-order valence-electron chi connectivity index (χ1n) is 5.71. The van der Waals surface area contributed by atoms with Crippen molar-refractivity contribution in [2.75, 3.05) is 0 Å². The van der Waals surface area contributed by atoms with Crippen molar-refractivity contribution >= 4 is 11.3 Å². The fourth-order valence-electron chi connectivity index (χ4n) is 1.64. The maximum atomic E-state index is 4.39. The number of rotatable bonds is 4. The first-order valence-corrected chi connectivity index (χ1v) is 6.52. The third-order valence-corrected chi connectivity index (χ3v) is 4.04. The van der Waals surface area contributed by atoms with Gasteiger partial charge in [-0.1, -0.05) is 0 Å². The van der Waals surface area contributed by atoms with Crippen LogP contribution in [0.1, 0.15) is 34.1 Å². The summed E-state index contributed by atoms with van der Waals surface area (Å²) >= 11 is 1.75. The van der Waals surface area contributed by atoms with Crippen molar-refractivity contribution in [3.63, 3.8) is 0 Å². The predicted octanol–water partition coefficient (Wildman–Crippen LogP) is 2.34. The van der Waals surface area contributed by atoms with Gasteiger partial charge in [0.2, 0.25) is 0 Å². The zero-order valence-corrected chi connectivity index (χ0v) is 11.5. The monoisotopic (exact) mass is 250 g/mol. The molecule has 0 saturated heterocycles. The Labute approximate surface area is 106 Å². The van der Waals surface area contributed by atoms with Gasteiger partial charge in [-0.05, 0) is 20.8 Å². The standard InChI is InChI=1S/C12H18N4S/c1-8-5-14-12(17-8)9(2)13-6-11-7-15-16(4)10(11)3/h5,7,9,13H,6H2,1-4H3. The molecule has 0 spiro atoms. The molecule has 0 radical (unpaired) electrons. The number of nitrogens with zero attached hydrogens (tertiary/aromatic N) is 3. The van der Waals surface area contributed by atoms with Gasteiger partial charge in [0.05, 0.1) is 12.2 Å². The smallest absolute Gasteiger partial charge is 0.109 e. The molecule has 1 unspecified atom stereocenters. The Bertz CT molecular complexity index is 500. The molecule has 0 amide bonds. The van der Waals surface area contributed by atoms with Gasteiger partial charge in [-0.3, -0.25) is 4.68 Å². The van der Waals surface area contributed by atoms with E-state index < -0.39 is 0 Å². The van der Waals surface area contributed by atoms with Gasteiger partial charge < -0.3 is 5.32 Å². The summed E-state index contributed by atoms with van der Waals surface area (Å²) < 4.78 is 1.90. The van der Waals surface area contributed by atoms with Crippen molar-refractivity contribution in [2.24, 2.45) is 7.05 Å². The molecule has 2 heterocycles. The molecule has 5 heteroatoms. The molecular formula is C12H18N4S. The van der Waals surface area contributed by atoms with Crippen LogP contribution in [0.25, 0.3) is 0 Å². The van der Waals surface area contributed by atoms with E-state index in [2.05, 4.69) is 36.2 Å². The minimum Gasteiger partial charge on any atom is -0.304 e. The zero-order valence-electron chi connectivity index (χ0n) is 10.7. The molecular weight excluding hydrogens is 232 g/mol. The second-order valence-electron chi connectivity index (χ2n) is 4.29.